The molecule has 28 heavy (non-hydrogen) atoms. The van der Waals surface area contributed by atoms with Crippen LogP contribution in [-0.4, -0.2) is 55.3 Å². The van der Waals surface area contributed by atoms with Crippen molar-refractivity contribution >= 4 is 5.82 Å². The Balaban J connectivity index is 1.48. The van der Waals surface area contributed by atoms with E-state index in [0.29, 0.717) is 23.2 Å². The molecule has 146 valence electrons. The first kappa shape index (κ1) is 18.4. The summed E-state index contributed by atoms with van der Waals surface area (Å²) >= 11 is 0. The maximum absolute atomic E-state index is 12.8. The lowest BCUT2D eigenvalue weighted by molar-refractivity contribution is 0.180. The highest BCUT2D eigenvalue weighted by Gasteiger charge is 2.17. The number of rotatable bonds is 6. The van der Waals surface area contributed by atoms with Crippen LogP contribution in [0.15, 0.2) is 47.9 Å². The summed E-state index contributed by atoms with van der Waals surface area (Å²) in [5.74, 6) is 1.21. The van der Waals surface area contributed by atoms with Gasteiger partial charge in [-0.2, -0.15) is 0 Å². The quantitative estimate of drug-likeness (QED) is 0.683. The van der Waals surface area contributed by atoms with Gasteiger partial charge in [0.05, 0.1) is 5.56 Å². The molecular formula is C20H25N7O. The Labute approximate surface area is 163 Å². The molecule has 3 aromatic rings. The average Bonchev–Trinajstić information content (AvgIpc) is 3.15. The van der Waals surface area contributed by atoms with Gasteiger partial charge in [0.15, 0.2) is 5.82 Å². The van der Waals surface area contributed by atoms with Gasteiger partial charge in [0.25, 0.3) is 5.56 Å². The van der Waals surface area contributed by atoms with E-state index >= 15 is 0 Å². The molecule has 0 aliphatic carbocycles. The zero-order valence-electron chi connectivity index (χ0n) is 16.0. The van der Waals surface area contributed by atoms with E-state index in [1.807, 2.05) is 12.1 Å². The van der Waals surface area contributed by atoms with E-state index in [2.05, 4.69) is 37.2 Å². The molecular weight excluding hydrogens is 354 g/mol. The number of hydrogen-bond acceptors (Lipinski definition) is 6. The molecule has 1 fully saturated rings. The highest BCUT2D eigenvalue weighted by molar-refractivity contribution is 5.60. The van der Waals surface area contributed by atoms with Crippen LogP contribution in [-0.2, 0) is 0 Å². The van der Waals surface area contributed by atoms with Gasteiger partial charge in [-0.15, -0.1) is 0 Å². The molecule has 2 N–H and O–H groups in total. The number of H-pyrrole nitrogens is 1. The number of aromatic nitrogens is 5. The van der Waals surface area contributed by atoms with Crippen LogP contribution >= 0.6 is 0 Å². The maximum Gasteiger partial charge on any atom is 0.280 e. The van der Waals surface area contributed by atoms with Gasteiger partial charge in [0, 0.05) is 42.8 Å². The van der Waals surface area contributed by atoms with Gasteiger partial charge in [0.2, 0.25) is 0 Å². The van der Waals surface area contributed by atoms with E-state index in [1.54, 1.807) is 24.7 Å². The van der Waals surface area contributed by atoms with Crippen molar-refractivity contribution in [2.75, 3.05) is 25.0 Å². The van der Waals surface area contributed by atoms with Gasteiger partial charge in [0.1, 0.15) is 12.1 Å². The van der Waals surface area contributed by atoms with E-state index in [1.165, 1.54) is 30.3 Å². The lowest BCUT2D eigenvalue weighted by Gasteiger charge is -2.32. The predicted molar refractivity (Wildman–Crippen MR) is 109 cm³/mol. The van der Waals surface area contributed by atoms with Gasteiger partial charge >= 0.3 is 0 Å². The van der Waals surface area contributed by atoms with Crippen molar-refractivity contribution in [2.45, 2.75) is 32.2 Å². The Hall–Kier alpha value is -3.00. The van der Waals surface area contributed by atoms with Crippen LogP contribution in [0.5, 0.6) is 0 Å². The second-order valence-corrected chi connectivity index (χ2v) is 7.16. The zero-order valence-corrected chi connectivity index (χ0v) is 16.0. The molecule has 1 atom stereocenters. The Morgan fingerprint density at radius 2 is 2.11 bits per heavy atom. The van der Waals surface area contributed by atoms with Crippen LogP contribution in [0.2, 0.25) is 0 Å². The van der Waals surface area contributed by atoms with Crippen LogP contribution in [0.1, 0.15) is 26.2 Å². The zero-order chi connectivity index (χ0) is 19.3. The minimum absolute atomic E-state index is 0.167. The van der Waals surface area contributed by atoms with Crippen molar-refractivity contribution < 1.29 is 0 Å². The molecule has 0 aromatic carbocycles. The maximum atomic E-state index is 12.8. The molecule has 1 unspecified atom stereocenters. The molecule has 8 heteroatoms. The lowest BCUT2D eigenvalue weighted by Crippen LogP contribution is -2.41. The summed E-state index contributed by atoms with van der Waals surface area (Å²) in [6.07, 6.45) is 10.4. The van der Waals surface area contributed by atoms with E-state index in [0.717, 1.165) is 25.2 Å². The van der Waals surface area contributed by atoms with Gasteiger partial charge < -0.3 is 5.32 Å². The fourth-order valence-corrected chi connectivity index (χ4v) is 3.58. The number of hydrogen-bond donors (Lipinski definition) is 2. The van der Waals surface area contributed by atoms with Gasteiger partial charge in [-0.3, -0.25) is 19.8 Å². The van der Waals surface area contributed by atoms with Crippen molar-refractivity contribution in [3.05, 3.63) is 53.5 Å². The molecule has 0 saturated carbocycles. The Bertz CT molecular complexity index is 960. The molecule has 0 bridgehead atoms. The molecule has 1 aliphatic heterocycles. The normalized spacial score (nSPS) is 16.0. The van der Waals surface area contributed by atoms with Crippen molar-refractivity contribution in [1.82, 2.24) is 29.6 Å². The number of aromatic amines is 1. The van der Waals surface area contributed by atoms with Crippen LogP contribution in [0, 0.1) is 0 Å². The monoisotopic (exact) mass is 379 g/mol. The number of pyridine rings is 1. The van der Waals surface area contributed by atoms with Crippen molar-refractivity contribution in [1.29, 1.82) is 0 Å². The Kier molecular flexibility index (Phi) is 5.48. The number of nitrogens with zero attached hydrogens (tertiary/aromatic N) is 5. The SMILES string of the molecule is CC(CNc1cc(-n2[nH]cc(-c3cccnc3)c2=O)ncn1)N1CCCCC1. The third kappa shape index (κ3) is 3.96. The highest BCUT2D eigenvalue weighted by atomic mass is 16.1. The molecule has 0 radical (unpaired) electrons. The molecule has 0 amide bonds. The van der Waals surface area contributed by atoms with Gasteiger partial charge in [-0.25, -0.2) is 14.6 Å². The van der Waals surface area contributed by atoms with E-state index < -0.39 is 0 Å². The van der Waals surface area contributed by atoms with Crippen molar-refractivity contribution in [3.63, 3.8) is 0 Å². The largest absolute Gasteiger partial charge is 0.368 e. The van der Waals surface area contributed by atoms with Crippen LogP contribution < -0.4 is 10.9 Å². The fourth-order valence-electron chi connectivity index (χ4n) is 3.58. The predicted octanol–water partition coefficient (Wildman–Crippen LogP) is 2.30. The van der Waals surface area contributed by atoms with Crippen LogP contribution in [0.3, 0.4) is 0 Å². The van der Waals surface area contributed by atoms with E-state index in [4.69, 9.17) is 0 Å². The molecule has 8 nitrogen and oxygen atoms in total. The first-order chi connectivity index (χ1) is 13.7. The number of nitrogens with one attached hydrogen (secondary N) is 2. The smallest absolute Gasteiger partial charge is 0.280 e. The van der Waals surface area contributed by atoms with E-state index in [-0.39, 0.29) is 5.56 Å². The summed E-state index contributed by atoms with van der Waals surface area (Å²) < 4.78 is 1.42. The van der Waals surface area contributed by atoms with Crippen LogP contribution in [0.25, 0.3) is 16.9 Å². The minimum Gasteiger partial charge on any atom is -0.368 e. The third-order valence-corrected chi connectivity index (χ3v) is 5.22. The van der Waals surface area contributed by atoms with Crippen molar-refractivity contribution in [2.24, 2.45) is 0 Å². The second-order valence-electron chi connectivity index (χ2n) is 7.16. The number of likely N-dealkylation sites (tertiary alicyclic amines) is 1. The summed E-state index contributed by atoms with van der Waals surface area (Å²) in [6.45, 7) is 5.35. The summed E-state index contributed by atoms with van der Waals surface area (Å²) in [7, 11) is 0. The molecule has 0 spiro atoms. The number of piperidine rings is 1. The average molecular weight is 379 g/mol. The third-order valence-electron chi connectivity index (χ3n) is 5.22. The molecule has 1 aliphatic rings. The topological polar surface area (TPSA) is 91.7 Å². The molecule has 4 rings (SSSR count). The summed E-state index contributed by atoms with van der Waals surface area (Å²) in [6, 6.07) is 5.89. The van der Waals surface area contributed by atoms with Gasteiger partial charge in [-0.05, 0) is 38.9 Å². The van der Waals surface area contributed by atoms with Gasteiger partial charge in [-0.1, -0.05) is 12.5 Å². The molecule has 3 aromatic heterocycles. The van der Waals surface area contributed by atoms with Crippen molar-refractivity contribution in [3.8, 4) is 16.9 Å². The Morgan fingerprint density at radius 1 is 1.25 bits per heavy atom. The first-order valence-corrected chi connectivity index (χ1v) is 9.73. The first-order valence-electron chi connectivity index (χ1n) is 9.73. The summed E-state index contributed by atoms with van der Waals surface area (Å²) in [4.78, 5) is 27.9. The van der Waals surface area contributed by atoms with Crippen LogP contribution in [0.4, 0.5) is 5.82 Å². The summed E-state index contributed by atoms with van der Waals surface area (Å²) in [5.41, 5.74) is 1.16. The lowest BCUT2D eigenvalue weighted by atomic mass is 10.1. The highest BCUT2D eigenvalue weighted by Crippen LogP contribution is 2.15. The fraction of sp³-hybridized carbons (Fsp3) is 0.400. The number of anilines is 1. The molecule has 1 saturated heterocycles. The van der Waals surface area contributed by atoms with E-state index in [9.17, 15) is 4.79 Å². The standard InChI is InChI=1S/C20H25N7O/c1-15(26-8-3-2-4-9-26)11-22-18-10-19(24-14-23-18)27-20(28)17(13-25-27)16-6-5-7-21-12-16/h5-7,10,12-15,25H,2-4,8-9,11H2,1H3,(H,22,23,24). The Morgan fingerprint density at radius 3 is 2.89 bits per heavy atom. The molecule has 4 heterocycles. The summed E-state index contributed by atoms with van der Waals surface area (Å²) in [5, 5.41) is 6.36. The minimum atomic E-state index is -0.167. The second kappa shape index (κ2) is 8.35.